The summed E-state index contributed by atoms with van der Waals surface area (Å²) in [6.07, 6.45) is 5.35. The fourth-order valence-electron chi connectivity index (χ4n) is 4.47. The number of likely N-dealkylation sites (tertiary alicyclic amines) is 1. The number of aryl methyl sites for hydroxylation is 1. The van der Waals surface area contributed by atoms with Crippen LogP contribution in [0.5, 0.6) is 11.5 Å². The van der Waals surface area contributed by atoms with Crippen LogP contribution in [0.15, 0.2) is 12.1 Å². The highest BCUT2D eigenvalue weighted by molar-refractivity contribution is 5.48. The summed E-state index contributed by atoms with van der Waals surface area (Å²) in [4.78, 5) is 7.80. The molecule has 2 fully saturated rings. The zero-order valence-corrected chi connectivity index (χ0v) is 16.4. The summed E-state index contributed by atoms with van der Waals surface area (Å²) in [5.74, 6) is 1.81. The third-order valence-corrected chi connectivity index (χ3v) is 6.33. The highest BCUT2D eigenvalue weighted by Gasteiger charge is 2.25. The van der Waals surface area contributed by atoms with Crippen LogP contribution in [0.1, 0.15) is 36.8 Å². The molecule has 2 saturated heterocycles. The number of hydrogen-bond donors (Lipinski definition) is 0. The third kappa shape index (κ3) is 4.16. The van der Waals surface area contributed by atoms with Gasteiger partial charge in [-0.1, -0.05) is 6.42 Å². The van der Waals surface area contributed by atoms with Crippen molar-refractivity contribution in [2.75, 3.05) is 53.1 Å². The van der Waals surface area contributed by atoms with Crippen molar-refractivity contribution in [2.24, 2.45) is 0 Å². The number of piperazine rings is 1. The van der Waals surface area contributed by atoms with Crippen molar-refractivity contribution >= 4 is 0 Å². The molecule has 0 spiro atoms. The van der Waals surface area contributed by atoms with Gasteiger partial charge in [-0.2, -0.15) is 0 Å². The van der Waals surface area contributed by atoms with Gasteiger partial charge in [-0.15, -0.1) is 0 Å². The number of fused-ring (bicyclic) bond motifs is 1. The Morgan fingerprint density at radius 3 is 2.58 bits per heavy atom. The lowest BCUT2D eigenvalue weighted by Gasteiger charge is -2.38. The van der Waals surface area contributed by atoms with E-state index in [-0.39, 0.29) is 0 Å². The Balaban J connectivity index is 1.37. The fraction of sp³-hybridized carbons (Fsp3) is 0.714. The predicted molar refractivity (Wildman–Crippen MR) is 104 cm³/mol. The summed E-state index contributed by atoms with van der Waals surface area (Å²) < 4.78 is 11.1. The first-order valence-electron chi connectivity index (χ1n) is 10.2. The molecule has 5 heteroatoms. The summed E-state index contributed by atoms with van der Waals surface area (Å²) in [6, 6.07) is 5.05. The van der Waals surface area contributed by atoms with E-state index in [4.69, 9.17) is 9.47 Å². The molecule has 1 atom stereocenters. The Labute approximate surface area is 157 Å². The van der Waals surface area contributed by atoms with Gasteiger partial charge in [0.05, 0.1) is 0 Å². The number of benzene rings is 1. The first-order chi connectivity index (χ1) is 12.7. The lowest BCUT2D eigenvalue weighted by molar-refractivity contribution is 0.101. The van der Waals surface area contributed by atoms with E-state index >= 15 is 0 Å². The molecule has 3 heterocycles. The van der Waals surface area contributed by atoms with Crippen LogP contribution in [-0.2, 0) is 6.54 Å². The highest BCUT2D eigenvalue weighted by Crippen LogP contribution is 2.35. The van der Waals surface area contributed by atoms with Crippen LogP contribution >= 0.6 is 0 Å². The van der Waals surface area contributed by atoms with Gasteiger partial charge in [-0.3, -0.25) is 4.90 Å². The zero-order valence-electron chi connectivity index (χ0n) is 16.4. The molecular formula is C21H33N3O2. The molecule has 0 aliphatic carbocycles. The second-order valence-corrected chi connectivity index (χ2v) is 8.19. The molecule has 0 unspecified atom stereocenters. The number of piperidine rings is 1. The minimum absolute atomic E-state index is 0.357. The van der Waals surface area contributed by atoms with E-state index in [0.29, 0.717) is 12.8 Å². The smallest absolute Gasteiger partial charge is 0.231 e. The molecule has 3 aliphatic heterocycles. The van der Waals surface area contributed by atoms with Crippen LogP contribution in [0.3, 0.4) is 0 Å². The Hall–Kier alpha value is -1.30. The topological polar surface area (TPSA) is 28.2 Å². The molecule has 5 nitrogen and oxygen atoms in total. The maximum Gasteiger partial charge on any atom is 0.231 e. The number of nitrogens with zero attached hydrogens (tertiary/aromatic N) is 3. The number of ether oxygens (including phenoxy) is 2. The normalized spacial score (nSPS) is 24.9. The Bertz CT molecular complexity index is 614. The van der Waals surface area contributed by atoms with Crippen molar-refractivity contribution in [1.29, 1.82) is 0 Å². The molecule has 3 aliphatic rings. The maximum absolute atomic E-state index is 5.59. The van der Waals surface area contributed by atoms with E-state index in [9.17, 15) is 0 Å². The molecule has 1 aromatic rings. The SMILES string of the molecule is Cc1cc2c(cc1CN1CCCC[C@H]1CCN1CCN(C)CC1)OCO2. The zero-order chi connectivity index (χ0) is 17.9. The first kappa shape index (κ1) is 18.1. The van der Waals surface area contributed by atoms with Crippen LogP contribution in [0.4, 0.5) is 0 Å². The Kier molecular flexibility index (Phi) is 5.67. The minimum Gasteiger partial charge on any atom is -0.454 e. The molecule has 0 aromatic heterocycles. The Morgan fingerprint density at radius 2 is 1.77 bits per heavy atom. The van der Waals surface area contributed by atoms with Gasteiger partial charge in [0.25, 0.3) is 0 Å². The standard InChI is InChI=1S/C21H33N3O2/c1-17-13-20-21(26-16-25-20)14-18(17)15-24-7-4-3-5-19(24)6-8-23-11-9-22(2)10-12-23/h13-14,19H,3-12,15-16H2,1-2H3/t19-/m0/s1. The van der Waals surface area contributed by atoms with Gasteiger partial charge < -0.3 is 19.3 Å². The van der Waals surface area contributed by atoms with Gasteiger partial charge in [-0.25, -0.2) is 0 Å². The molecular weight excluding hydrogens is 326 g/mol. The number of likely N-dealkylation sites (N-methyl/N-ethyl adjacent to an activating group) is 1. The molecule has 0 saturated carbocycles. The average Bonchev–Trinajstić information content (AvgIpc) is 3.09. The van der Waals surface area contributed by atoms with E-state index in [1.54, 1.807) is 0 Å². The lowest BCUT2D eigenvalue weighted by atomic mass is 9.97. The minimum atomic E-state index is 0.357. The summed E-state index contributed by atoms with van der Waals surface area (Å²) in [7, 11) is 2.23. The van der Waals surface area contributed by atoms with Gasteiger partial charge >= 0.3 is 0 Å². The van der Waals surface area contributed by atoms with E-state index in [0.717, 1.165) is 18.0 Å². The van der Waals surface area contributed by atoms with Gasteiger partial charge in [0, 0.05) is 38.8 Å². The summed E-state index contributed by atoms with van der Waals surface area (Å²) >= 11 is 0. The maximum atomic E-state index is 5.59. The van der Waals surface area contributed by atoms with Crippen molar-refractivity contribution in [3.63, 3.8) is 0 Å². The molecule has 0 bridgehead atoms. The third-order valence-electron chi connectivity index (χ3n) is 6.33. The molecule has 26 heavy (non-hydrogen) atoms. The van der Waals surface area contributed by atoms with E-state index in [2.05, 4.69) is 40.8 Å². The van der Waals surface area contributed by atoms with Gasteiger partial charge in [0.2, 0.25) is 6.79 Å². The van der Waals surface area contributed by atoms with E-state index in [1.807, 2.05) is 0 Å². The number of hydrogen-bond acceptors (Lipinski definition) is 5. The quantitative estimate of drug-likeness (QED) is 0.806. The van der Waals surface area contributed by atoms with Crippen molar-refractivity contribution < 1.29 is 9.47 Å². The van der Waals surface area contributed by atoms with Crippen LogP contribution in [0, 0.1) is 6.92 Å². The second-order valence-electron chi connectivity index (χ2n) is 8.19. The molecule has 0 N–H and O–H groups in total. The fourth-order valence-corrected chi connectivity index (χ4v) is 4.47. The van der Waals surface area contributed by atoms with Gasteiger partial charge in [-0.05, 0) is 69.6 Å². The second kappa shape index (κ2) is 8.15. The largest absolute Gasteiger partial charge is 0.454 e. The van der Waals surface area contributed by atoms with Crippen molar-refractivity contribution in [3.8, 4) is 11.5 Å². The van der Waals surface area contributed by atoms with E-state index in [1.165, 1.54) is 76.1 Å². The first-order valence-corrected chi connectivity index (χ1v) is 10.2. The molecule has 0 amide bonds. The molecule has 1 aromatic carbocycles. The molecule has 144 valence electrons. The summed E-state index contributed by atoms with van der Waals surface area (Å²) in [5.41, 5.74) is 2.71. The molecule has 4 rings (SSSR count). The van der Waals surface area contributed by atoms with Crippen LogP contribution in [-0.4, -0.2) is 73.9 Å². The van der Waals surface area contributed by atoms with Crippen molar-refractivity contribution in [2.45, 2.75) is 45.2 Å². The van der Waals surface area contributed by atoms with Crippen LogP contribution in [0.25, 0.3) is 0 Å². The van der Waals surface area contributed by atoms with E-state index < -0.39 is 0 Å². The predicted octanol–water partition coefficient (Wildman–Crippen LogP) is 2.72. The highest BCUT2D eigenvalue weighted by atomic mass is 16.7. The Morgan fingerprint density at radius 1 is 1.00 bits per heavy atom. The summed E-state index contributed by atoms with van der Waals surface area (Å²) in [6.45, 7) is 10.9. The summed E-state index contributed by atoms with van der Waals surface area (Å²) in [5, 5.41) is 0. The monoisotopic (exact) mass is 359 g/mol. The van der Waals surface area contributed by atoms with Crippen LogP contribution in [0.2, 0.25) is 0 Å². The number of rotatable bonds is 5. The van der Waals surface area contributed by atoms with Gasteiger partial charge in [0.15, 0.2) is 11.5 Å². The van der Waals surface area contributed by atoms with Crippen molar-refractivity contribution in [1.82, 2.24) is 14.7 Å². The van der Waals surface area contributed by atoms with Gasteiger partial charge in [0.1, 0.15) is 0 Å². The average molecular weight is 360 g/mol. The van der Waals surface area contributed by atoms with Crippen molar-refractivity contribution in [3.05, 3.63) is 23.3 Å². The molecule has 0 radical (unpaired) electrons. The van der Waals surface area contributed by atoms with Crippen LogP contribution < -0.4 is 9.47 Å². The lowest BCUT2D eigenvalue weighted by Crippen LogP contribution is -2.47.